The Morgan fingerprint density at radius 1 is 0.767 bits per heavy atom. The Labute approximate surface area is 189 Å². The Balaban J connectivity index is 1.72. The number of halogens is 2. The molecule has 0 bridgehead atoms. The van der Waals surface area contributed by atoms with Gasteiger partial charge in [0.15, 0.2) is 0 Å². The fourth-order valence-electron chi connectivity index (χ4n) is 3.16. The lowest BCUT2D eigenvalue weighted by Gasteiger charge is -2.15. The maximum absolute atomic E-state index is 13.3. The molecule has 0 unspecified atom stereocenters. The summed E-state index contributed by atoms with van der Waals surface area (Å²) < 4.78 is 0. The van der Waals surface area contributed by atoms with E-state index in [1.807, 2.05) is 55.5 Å². The highest BCUT2D eigenvalue weighted by atomic mass is 35.5. The molecule has 0 radical (unpaired) electrons. The van der Waals surface area contributed by atoms with Crippen molar-refractivity contribution in [3.63, 3.8) is 0 Å². The number of benzene rings is 3. The number of hydrogen-bond acceptors (Lipinski definition) is 3. The van der Waals surface area contributed by atoms with Crippen LogP contribution in [-0.2, 0) is 16.1 Å². The predicted octanol–water partition coefficient (Wildman–Crippen LogP) is 6.37. The minimum absolute atomic E-state index is 0.189. The van der Waals surface area contributed by atoms with Crippen LogP contribution in [-0.4, -0.2) is 16.7 Å². The predicted molar refractivity (Wildman–Crippen MR) is 122 cm³/mol. The van der Waals surface area contributed by atoms with Crippen molar-refractivity contribution in [2.45, 2.75) is 18.4 Å². The molecule has 3 aromatic rings. The number of amides is 2. The number of carbonyl (C=O) groups excluding carboxylic acids is 2. The molecule has 30 heavy (non-hydrogen) atoms. The molecule has 2 amide bonds. The second-order valence-electron chi connectivity index (χ2n) is 6.95. The average molecular weight is 454 g/mol. The van der Waals surface area contributed by atoms with Gasteiger partial charge in [0.2, 0.25) is 0 Å². The fourth-order valence-corrected chi connectivity index (χ4v) is 4.42. The quantitative estimate of drug-likeness (QED) is 0.420. The Morgan fingerprint density at radius 2 is 1.33 bits per heavy atom. The van der Waals surface area contributed by atoms with E-state index in [1.54, 1.807) is 24.3 Å². The number of imide groups is 1. The molecule has 4 rings (SSSR count). The van der Waals surface area contributed by atoms with Gasteiger partial charge in [-0.15, -0.1) is 0 Å². The standard InChI is InChI=1S/C24H17Cl2NO2S/c1-15-2-6-17(7-3-15)21-22(30-20-12-10-19(26)11-13-20)24(29)27(23(21)28)14-16-4-8-18(25)9-5-16/h2-13H,14H2,1H3. The van der Waals surface area contributed by atoms with Crippen molar-refractivity contribution in [1.29, 1.82) is 0 Å². The number of hydrogen-bond donors (Lipinski definition) is 0. The Kier molecular flexibility index (Phi) is 6.00. The molecule has 0 aromatic heterocycles. The highest BCUT2D eigenvalue weighted by molar-refractivity contribution is 8.04. The van der Waals surface area contributed by atoms with E-state index in [9.17, 15) is 9.59 Å². The summed E-state index contributed by atoms with van der Waals surface area (Å²) in [5.74, 6) is -0.597. The average Bonchev–Trinajstić information content (AvgIpc) is 2.96. The molecule has 1 heterocycles. The second-order valence-corrected chi connectivity index (χ2v) is 8.91. The lowest BCUT2D eigenvalue weighted by Crippen LogP contribution is -2.30. The first kappa shape index (κ1) is 20.7. The minimum Gasteiger partial charge on any atom is -0.269 e. The van der Waals surface area contributed by atoms with Crippen molar-refractivity contribution in [2.24, 2.45) is 0 Å². The molecular weight excluding hydrogens is 437 g/mol. The van der Waals surface area contributed by atoms with Crippen molar-refractivity contribution in [1.82, 2.24) is 4.90 Å². The number of carbonyl (C=O) groups is 2. The van der Waals surface area contributed by atoms with Gasteiger partial charge in [0.1, 0.15) is 0 Å². The van der Waals surface area contributed by atoms with E-state index in [0.29, 0.717) is 20.5 Å². The Bertz CT molecular complexity index is 1140. The van der Waals surface area contributed by atoms with Crippen LogP contribution in [0.3, 0.4) is 0 Å². The molecular formula is C24H17Cl2NO2S. The summed E-state index contributed by atoms with van der Waals surface area (Å²) in [6.07, 6.45) is 0. The van der Waals surface area contributed by atoms with Gasteiger partial charge in [-0.05, 0) is 54.4 Å². The van der Waals surface area contributed by atoms with Crippen molar-refractivity contribution in [3.8, 4) is 0 Å². The largest absolute Gasteiger partial charge is 0.269 e. The maximum atomic E-state index is 13.3. The molecule has 0 aliphatic carbocycles. The monoisotopic (exact) mass is 453 g/mol. The van der Waals surface area contributed by atoms with Gasteiger partial charge in [-0.1, -0.05) is 76.9 Å². The zero-order valence-electron chi connectivity index (χ0n) is 16.1. The Morgan fingerprint density at radius 3 is 1.93 bits per heavy atom. The molecule has 0 N–H and O–H groups in total. The molecule has 0 spiro atoms. The maximum Gasteiger partial charge on any atom is 0.268 e. The fraction of sp³-hybridized carbons (Fsp3) is 0.0833. The summed E-state index contributed by atoms with van der Waals surface area (Å²) in [6, 6.07) is 22.0. The first-order chi connectivity index (χ1) is 14.4. The van der Waals surface area contributed by atoms with Gasteiger partial charge >= 0.3 is 0 Å². The normalized spacial score (nSPS) is 14.0. The molecule has 1 aliphatic heterocycles. The molecule has 3 nitrogen and oxygen atoms in total. The minimum atomic E-state index is -0.300. The summed E-state index contributed by atoms with van der Waals surface area (Å²) in [5.41, 5.74) is 3.08. The molecule has 0 saturated heterocycles. The van der Waals surface area contributed by atoms with E-state index >= 15 is 0 Å². The van der Waals surface area contributed by atoms with Crippen LogP contribution in [0.5, 0.6) is 0 Å². The number of nitrogens with zero attached hydrogens (tertiary/aromatic N) is 1. The van der Waals surface area contributed by atoms with Crippen LogP contribution in [0.15, 0.2) is 82.6 Å². The van der Waals surface area contributed by atoms with E-state index < -0.39 is 0 Å². The van der Waals surface area contributed by atoms with Crippen LogP contribution < -0.4 is 0 Å². The van der Waals surface area contributed by atoms with Crippen LogP contribution in [0.4, 0.5) is 0 Å². The number of rotatable bonds is 5. The molecule has 150 valence electrons. The molecule has 0 saturated carbocycles. The zero-order chi connectivity index (χ0) is 21.3. The highest BCUT2D eigenvalue weighted by Crippen LogP contribution is 2.40. The van der Waals surface area contributed by atoms with Crippen molar-refractivity contribution >= 4 is 52.4 Å². The lowest BCUT2D eigenvalue weighted by atomic mass is 10.0. The van der Waals surface area contributed by atoms with E-state index in [0.717, 1.165) is 21.6 Å². The van der Waals surface area contributed by atoms with Gasteiger partial charge < -0.3 is 0 Å². The molecule has 3 aromatic carbocycles. The van der Waals surface area contributed by atoms with Crippen LogP contribution >= 0.6 is 35.0 Å². The van der Waals surface area contributed by atoms with Crippen LogP contribution in [0.1, 0.15) is 16.7 Å². The van der Waals surface area contributed by atoms with Gasteiger partial charge in [0, 0.05) is 14.9 Å². The van der Waals surface area contributed by atoms with E-state index in [2.05, 4.69) is 0 Å². The van der Waals surface area contributed by atoms with Gasteiger partial charge in [-0.3, -0.25) is 14.5 Å². The zero-order valence-corrected chi connectivity index (χ0v) is 18.4. The van der Waals surface area contributed by atoms with Crippen molar-refractivity contribution in [2.75, 3.05) is 0 Å². The van der Waals surface area contributed by atoms with E-state index in [-0.39, 0.29) is 18.4 Å². The van der Waals surface area contributed by atoms with Crippen LogP contribution in [0, 0.1) is 6.92 Å². The molecule has 0 atom stereocenters. The van der Waals surface area contributed by atoms with E-state index in [1.165, 1.54) is 16.7 Å². The summed E-state index contributed by atoms with van der Waals surface area (Å²) in [7, 11) is 0. The third-order valence-corrected chi connectivity index (χ3v) is 6.35. The topological polar surface area (TPSA) is 37.4 Å². The summed E-state index contributed by atoms with van der Waals surface area (Å²) in [4.78, 5) is 29.1. The Hall–Kier alpha value is -2.53. The summed E-state index contributed by atoms with van der Waals surface area (Å²) in [6.45, 7) is 2.17. The molecule has 1 aliphatic rings. The van der Waals surface area contributed by atoms with Gasteiger partial charge in [0.05, 0.1) is 17.0 Å². The first-order valence-corrected chi connectivity index (χ1v) is 10.8. The van der Waals surface area contributed by atoms with Crippen molar-refractivity contribution < 1.29 is 9.59 Å². The van der Waals surface area contributed by atoms with Gasteiger partial charge in [-0.2, -0.15) is 0 Å². The van der Waals surface area contributed by atoms with Crippen molar-refractivity contribution in [3.05, 3.63) is 104 Å². The first-order valence-electron chi connectivity index (χ1n) is 9.28. The van der Waals surface area contributed by atoms with Gasteiger partial charge in [0.25, 0.3) is 11.8 Å². The summed E-state index contributed by atoms with van der Waals surface area (Å²) in [5, 5.41) is 1.22. The van der Waals surface area contributed by atoms with E-state index in [4.69, 9.17) is 23.2 Å². The third kappa shape index (κ3) is 4.31. The smallest absolute Gasteiger partial charge is 0.268 e. The molecule has 6 heteroatoms. The highest BCUT2D eigenvalue weighted by Gasteiger charge is 2.39. The number of aryl methyl sites for hydroxylation is 1. The third-order valence-electron chi connectivity index (χ3n) is 4.75. The summed E-state index contributed by atoms with van der Waals surface area (Å²) >= 11 is 13.2. The van der Waals surface area contributed by atoms with Gasteiger partial charge in [-0.25, -0.2) is 0 Å². The SMILES string of the molecule is Cc1ccc(C2=C(Sc3ccc(Cl)cc3)C(=O)N(Cc3ccc(Cl)cc3)C2=O)cc1. The number of thioether (sulfide) groups is 1. The van der Waals surface area contributed by atoms with Crippen LogP contribution in [0.25, 0.3) is 5.57 Å². The van der Waals surface area contributed by atoms with Crippen LogP contribution in [0.2, 0.25) is 10.0 Å². The second kappa shape index (κ2) is 8.68. The molecule has 0 fully saturated rings. The lowest BCUT2D eigenvalue weighted by molar-refractivity contribution is -0.137.